The molecule has 0 radical (unpaired) electrons. The van der Waals surface area contributed by atoms with Crippen LogP contribution in [-0.2, 0) is 9.53 Å². The Bertz CT molecular complexity index is 650. The first-order valence-electron chi connectivity index (χ1n) is 6.88. The molecule has 1 heterocycles. The van der Waals surface area contributed by atoms with E-state index in [1.165, 1.54) is 4.90 Å². The van der Waals surface area contributed by atoms with E-state index in [0.29, 0.717) is 18.8 Å². The predicted molar refractivity (Wildman–Crippen MR) is 80.0 cm³/mol. The maximum atomic E-state index is 12.4. The molecule has 0 atom stereocenters. The van der Waals surface area contributed by atoms with E-state index in [9.17, 15) is 9.59 Å². The maximum absolute atomic E-state index is 12.4. The number of ether oxygens (including phenoxy) is 1. The molecule has 0 saturated heterocycles. The third kappa shape index (κ3) is 3.56. The van der Waals surface area contributed by atoms with Crippen molar-refractivity contribution in [1.82, 2.24) is 9.88 Å². The van der Waals surface area contributed by atoms with Crippen molar-refractivity contribution in [2.45, 2.75) is 13.3 Å². The Morgan fingerprint density at radius 3 is 2.76 bits per heavy atom. The number of esters is 1. The molecule has 0 unspecified atom stereocenters. The van der Waals surface area contributed by atoms with Crippen molar-refractivity contribution in [3.05, 3.63) is 42.2 Å². The van der Waals surface area contributed by atoms with Crippen LogP contribution in [0.4, 0.5) is 0 Å². The summed E-state index contributed by atoms with van der Waals surface area (Å²) in [5.41, 5.74) is 0.402. The number of hydrogen-bond acceptors (Lipinski definition) is 4. The van der Waals surface area contributed by atoms with Crippen LogP contribution in [0.1, 0.15) is 23.8 Å². The predicted octanol–water partition coefficient (Wildman–Crippen LogP) is 2.26. The molecule has 2 rings (SSSR count). The lowest BCUT2D eigenvalue weighted by Gasteiger charge is -2.17. The van der Waals surface area contributed by atoms with Gasteiger partial charge in [0.2, 0.25) is 0 Å². The molecule has 0 spiro atoms. The number of nitrogens with zero attached hydrogens (tertiary/aromatic N) is 2. The molecule has 21 heavy (non-hydrogen) atoms. The van der Waals surface area contributed by atoms with Gasteiger partial charge in [0.1, 0.15) is 5.69 Å². The summed E-state index contributed by atoms with van der Waals surface area (Å²) in [5, 5.41) is 1.78. The van der Waals surface area contributed by atoms with Crippen LogP contribution in [0.25, 0.3) is 10.8 Å². The van der Waals surface area contributed by atoms with Gasteiger partial charge < -0.3 is 9.64 Å². The second-order valence-corrected chi connectivity index (χ2v) is 4.66. The summed E-state index contributed by atoms with van der Waals surface area (Å²) in [7, 11) is 1.66. The number of hydrogen-bond donors (Lipinski definition) is 0. The highest BCUT2D eigenvalue weighted by Crippen LogP contribution is 2.17. The number of amides is 1. The first kappa shape index (κ1) is 15.0. The number of carbonyl (C=O) groups excluding carboxylic acids is 2. The molecule has 0 aliphatic rings. The Morgan fingerprint density at radius 1 is 1.24 bits per heavy atom. The summed E-state index contributed by atoms with van der Waals surface area (Å²) in [6.45, 7) is 2.41. The van der Waals surface area contributed by atoms with Crippen LogP contribution < -0.4 is 0 Å². The lowest BCUT2D eigenvalue weighted by atomic mass is 10.1. The van der Waals surface area contributed by atoms with E-state index in [4.69, 9.17) is 4.74 Å². The van der Waals surface area contributed by atoms with Gasteiger partial charge in [-0.1, -0.05) is 24.3 Å². The Hall–Kier alpha value is -2.43. The van der Waals surface area contributed by atoms with Crippen LogP contribution in [0.3, 0.4) is 0 Å². The van der Waals surface area contributed by atoms with Crippen LogP contribution in [0, 0.1) is 0 Å². The van der Waals surface area contributed by atoms with Gasteiger partial charge in [-0.15, -0.1) is 0 Å². The third-order valence-corrected chi connectivity index (χ3v) is 3.18. The molecule has 0 bridgehead atoms. The van der Waals surface area contributed by atoms with Crippen LogP contribution in [-0.4, -0.2) is 42.0 Å². The highest BCUT2D eigenvalue weighted by molar-refractivity contribution is 6.05. The van der Waals surface area contributed by atoms with E-state index in [-0.39, 0.29) is 18.3 Å². The van der Waals surface area contributed by atoms with E-state index < -0.39 is 0 Å². The zero-order chi connectivity index (χ0) is 15.2. The topological polar surface area (TPSA) is 59.5 Å². The Labute approximate surface area is 123 Å². The van der Waals surface area contributed by atoms with Crippen LogP contribution in [0.5, 0.6) is 0 Å². The SMILES string of the molecule is CCOC(=O)CCN(C)C(=O)c1nccc2ccccc12. The van der Waals surface area contributed by atoms with Crippen molar-refractivity contribution < 1.29 is 14.3 Å². The molecule has 2 aromatic rings. The minimum atomic E-state index is -0.303. The first-order valence-corrected chi connectivity index (χ1v) is 6.88. The second kappa shape index (κ2) is 6.83. The highest BCUT2D eigenvalue weighted by atomic mass is 16.5. The zero-order valence-electron chi connectivity index (χ0n) is 12.2. The molecule has 1 amide bonds. The van der Waals surface area contributed by atoms with Gasteiger partial charge in [-0.2, -0.15) is 0 Å². The molecule has 0 aliphatic carbocycles. The molecule has 0 N–H and O–H groups in total. The Balaban J connectivity index is 2.13. The molecule has 110 valence electrons. The van der Waals surface area contributed by atoms with Gasteiger partial charge in [-0.05, 0) is 18.4 Å². The number of carbonyl (C=O) groups is 2. The molecule has 5 heteroatoms. The van der Waals surface area contributed by atoms with Gasteiger partial charge in [0.25, 0.3) is 5.91 Å². The fourth-order valence-electron chi connectivity index (χ4n) is 2.06. The van der Waals surface area contributed by atoms with Crippen molar-refractivity contribution >= 4 is 22.6 Å². The van der Waals surface area contributed by atoms with Crippen molar-refractivity contribution in [2.75, 3.05) is 20.2 Å². The summed E-state index contributed by atoms with van der Waals surface area (Å²) in [5.74, 6) is -0.501. The van der Waals surface area contributed by atoms with Gasteiger partial charge in [0, 0.05) is 25.2 Å². The molecule has 1 aromatic heterocycles. The Morgan fingerprint density at radius 2 is 2.00 bits per heavy atom. The fourth-order valence-corrected chi connectivity index (χ4v) is 2.06. The van der Waals surface area contributed by atoms with Crippen molar-refractivity contribution in [2.24, 2.45) is 0 Å². The average Bonchev–Trinajstić information content (AvgIpc) is 2.51. The van der Waals surface area contributed by atoms with Crippen molar-refractivity contribution in [3.8, 4) is 0 Å². The molecule has 0 aliphatic heterocycles. The molecule has 0 saturated carbocycles. The van der Waals surface area contributed by atoms with E-state index in [1.807, 2.05) is 30.3 Å². The number of rotatable bonds is 5. The van der Waals surface area contributed by atoms with Gasteiger partial charge >= 0.3 is 5.97 Å². The van der Waals surface area contributed by atoms with Crippen LogP contribution >= 0.6 is 0 Å². The smallest absolute Gasteiger partial charge is 0.307 e. The minimum absolute atomic E-state index is 0.181. The van der Waals surface area contributed by atoms with E-state index in [2.05, 4.69) is 4.98 Å². The average molecular weight is 286 g/mol. The molecular formula is C16H18N2O3. The number of fused-ring (bicyclic) bond motifs is 1. The fraction of sp³-hybridized carbons (Fsp3) is 0.312. The summed E-state index contributed by atoms with van der Waals surface area (Å²) in [6, 6.07) is 9.46. The zero-order valence-corrected chi connectivity index (χ0v) is 12.2. The standard InChI is InChI=1S/C16H18N2O3/c1-3-21-14(19)9-11-18(2)16(20)15-13-7-5-4-6-12(13)8-10-17-15/h4-8,10H,3,9,11H2,1-2H3. The van der Waals surface area contributed by atoms with E-state index >= 15 is 0 Å². The summed E-state index contributed by atoms with van der Waals surface area (Å²) in [6.07, 6.45) is 1.80. The number of pyridine rings is 1. The monoisotopic (exact) mass is 286 g/mol. The normalized spacial score (nSPS) is 10.4. The quantitative estimate of drug-likeness (QED) is 0.791. The van der Waals surface area contributed by atoms with Gasteiger partial charge in [-0.3, -0.25) is 14.6 Å². The third-order valence-electron chi connectivity index (χ3n) is 3.18. The van der Waals surface area contributed by atoms with Crippen molar-refractivity contribution in [3.63, 3.8) is 0 Å². The van der Waals surface area contributed by atoms with Gasteiger partial charge in [0.05, 0.1) is 13.0 Å². The molecule has 5 nitrogen and oxygen atoms in total. The summed E-state index contributed by atoms with van der Waals surface area (Å²) >= 11 is 0. The lowest BCUT2D eigenvalue weighted by molar-refractivity contribution is -0.143. The highest BCUT2D eigenvalue weighted by Gasteiger charge is 2.17. The summed E-state index contributed by atoms with van der Waals surface area (Å²) < 4.78 is 4.86. The van der Waals surface area contributed by atoms with E-state index in [0.717, 1.165) is 10.8 Å². The van der Waals surface area contributed by atoms with Crippen molar-refractivity contribution in [1.29, 1.82) is 0 Å². The molecular weight excluding hydrogens is 268 g/mol. The minimum Gasteiger partial charge on any atom is -0.466 e. The van der Waals surface area contributed by atoms with Crippen LogP contribution in [0.15, 0.2) is 36.5 Å². The number of benzene rings is 1. The molecule has 1 aromatic carbocycles. The van der Waals surface area contributed by atoms with Crippen LogP contribution in [0.2, 0.25) is 0 Å². The first-order chi connectivity index (χ1) is 10.1. The van der Waals surface area contributed by atoms with Gasteiger partial charge in [-0.25, -0.2) is 0 Å². The molecule has 0 fully saturated rings. The maximum Gasteiger partial charge on any atom is 0.307 e. The summed E-state index contributed by atoms with van der Waals surface area (Å²) in [4.78, 5) is 29.5. The van der Waals surface area contributed by atoms with Gasteiger partial charge in [0.15, 0.2) is 0 Å². The Kier molecular flexibility index (Phi) is 4.87. The second-order valence-electron chi connectivity index (χ2n) is 4.66. The lowest BCUT2D eigenvalue weighted by Crippen LogP contribution is -2.30. The van der Waals surface area contributed by atoms with E-state index in [1.54, 1.807) is 20.2 Å². The number of aromatic nitrogens is 1. The largest absolute Gasteiger partial charge is 0.466 e.